The molecular weight excluding hydrogens is 293 g/mol. The van der Waals surface area contributed by atoms with Gasteiger partial charge in [0.2, 0.25) is 0 Å². The lowest BCUT2D eigenvalue weighted by atomic mass is 10.1. The van der Waals surface area contributed by atoms with Crippen molar-refractivity contribution >= 4 is 0 Å². The number of nitrogens with zero attached hydrogens (tertiary/aromatic N) is 4. The second kappa shape index (κ2) is 6.37. The van der Waals surface area contributed by atoms with Gasteiger partial charge in [-0.05, 0) is 56.0 Å². The fourth-order valence-electron chi connectivity index (χ4n) is 3.40. The fourth-order valence-corrected chi connectivity index (χ4v) is 3.40. The lowest BCUT2D eigenvalue weighted by Gasteiger charge is -2.15. The van der Waals surface area contributed by atoms with E-state index in [0.717, 1.165) is 24.1 Å². The Morgan fingerprint density at radius 1 is 1.26 bits per heavy atom. The molecule has 23 heavy (non-hydrogen) atoms. The molecule has 1 aromatic carbocycles. The van der Waals surface area contributed by atoms with Crippen LogP contribution in [-0.4, -0.2) is 45.3 Å². The maximum atomic E-state index is 14.2. The first-order valence-electron chi connectivity index (χ1n) is 8.38. The summed E-state index contributed by atoms with van der Waals surface area (Å²) in [4.78, 5) is 6.47. The van der Waals surface area contributed by atoms with Crippen molar-refractivity contribution in [1.29, 1.82) is 0 Å². The second-order valence-corrected chi connectivity index (χ2v) is 6.64. The van der Waals surface area contributed by atoms with Gasteiger partial charge >= 0.3 is 0 Å². The largest absolute Gasteiger partial charge is 0.312 e. The van der Waals surface area contributed by atoms with Crippen molar-refractivity contribution in [2.24, 2.45) is 5.92 Å². The van der Waals surface area contributed by atoms with Crippen molar-refractivity contribution in [1.82, 2.24) is 25.0 Å². The van der Waals surface area contributed by atoms with Gasteiger partial charge in [-0.2, -0.15) is 5.10 Å². The van der Waals surface area contributed by atoms with E-state index in [1.165, 1.54) is 49.7 Å². The van der Waals surface area contributed by atoms with Crippen molar-refractivity contribution in [2.75, 3.05) is 19.6 Å². The average molecular weight is 315 g/mol. The standard InChI is InChI=1S/C17H22FN5/c18-16-7-13(1-4-17(16)23-12-20-11-21-23)8-19-9-14-5-6-22(10-14)15-2-3-15/h1,4,7,11-12,14-15,19H,2-3,5-6,8-10H2. The van der Waals surface area contributed by atoms with E-state index in [1.807, 2.05) is 6.07 Å². The molecule has 2 fully saturated rings. The monoisotopic (exact) mass is 315 g/mol. The number of aromatic nitrogens is 3. The number of nitrogens with one attached hydrogen (secondary N) is 1. The second-order valence-electron chi connectivity index (χ2n) is 6.64. The zero-order valence-electron chi connectivity index (χ0n) is 13.2. The Hall–Kier alpha value is -1.79. The minimum atomic E-state index is -0.268. The van der Waals surface area contributed by atoms with Gasteiger partial charge < -0.3 is 10.2 Å². The first-order valence-corrected chi connectivity index (χ1v) is 8.38. The van der Waals surface area contributed by atoms with Crippen LogP contribution in [0.3, 0.4) is 0 Å². The third kappa shape index (κ3) is 3.43. The van der Waals surface area contributed by atoms with E-state index in [4.69, 9.17) is 0 Å². The summed E-state index contributed by atoms with van der Waals surface area (Å²) < 4.78 is 15.6. The number of hydrogen-bond acceptors (Lipinski definition) is 4. The van der Waals surface area contributed by atoms with Gasteiger partial charge in [0, 0.05) is 19.1 Å². The van der Waals surface area contributed by atoms with Crippen LogP contribution < -0.4 is 5.32 Å². The molecular formula is C17H22FN5. The predicted molar refractivity (Wildman–Crippen MR) is 85.7 cm³/mol. The SMILES string of the molecule is Fc1cc(CNCC2CCN(C3CC3)C2)ccc1-n1cncn1. The lowest BCUT2D eigenvalue weighted by Crippen LogP contribution is -2.27. The normalized spacial score (nSPS) is 21.9. The Balaban J connectivity index is 1.28. The topological polar surface area (TPSA) is 46.0 Å². The van der Waals surface area contributed by atoms with E-state index < -0.39 is 0 Å². The smallest absolute Gasteiger partial charge is 0.149 e. The van der Waals surface area contributed by atoms with Crippen LogP contribution in [0.1, 0.15) is 24.8 Å². The molecule has 1 aliphatic carbocycles. The van der Waals surface area contributed by atoms with Crippen LogP contribution >= 0.6 is 0 Å². The molecule has 1 atom stereocenters. The van der Waals surface area contributed by atoms with Crippen LogP contribution in [0, 0.1) is 11.7 Å². The molecule has 122 valence electrons. The summed E-state index contributed by atoms with van der Waals surface area (Å²) in [6, 6.07) is 6.15. The Kier molecular flexibility index (Phi) is 4.10. The first kappa shape index (κ1) is 14.8. The molecule has 6 heteroatoms. The summed E-state index contributed by atoms with van der Waals surface area (Å²) >= 11 is 0. The van der Waals surface area contributed by atoms with Crippen LogP contribution in [0.5, 0.6) is 0 Å². The summed E-state index contributed by atoms with van der Waals surface area (Å²) in [6.45, 7) is 4.18. The molecule has 1 N–H and O–H groups in total. The molecule has 2 heterocycles. The van der Waals surface area contributed by atoms with Crippen molar-refractivity contribution in [2.45, 2.75) is 31.8 Å². The molecule has 1 aromatic heterocycles. The zero-order chi connectivity index (χ0) is 15.6. The Bertz CT molecular complexity index is 653. The molecule has 5 nitrogen and oxygen atoms in total. The molecule has 1 aliphatic heterocycles. The number of rotatable bonds is 6. The highest BCUT2D eigenvalue weighted by Crippen LogP contribution is 2.31. The highest BCUT2D eigenvalue weighted by atomic mass is 19.1. The third-order valence-corrected chi connectivity index (χ3v) is 4.82. The van der Waals surface area contributed by atoms with Crippen molar-refractivity contribution in [3.05, 3.63) is 42.2 Å². The van der Waals surface area contributed by atoms with Crippen LogP contribution in [0.4, 0.5) is 4.39 Å². The van der Waals surface area contributed by atoms with Gasteiger partial charge in [0.15, 0.2) is 0 Å². The molecule has 4 rings (SSSR count). The number of halogens is 1. The third-order valence-electron chi connectivity index (χ3n) is 4.82. The summed E-state index contributed by atoms with van der Waals surface area (Å²) in [5.74, 6) is 0.463. The highest BCUT2D eigenvalue weighted by Gasteiger charge is 2.33. The molecule has 2 aliphatic rings. The molecule has 0 amide bonds. The van der Waals surface area contributed by atoms with E-state index in [1.54, 1.807) is 12.1 Å². The Labute approximate surface area is 135 Å². The van der Waals surface area contributed by atoms with E-state index in [-0.39, 0.29) is 5.82 Å². The van der Waals surface area contributed by atoms with E-state index in [0.29, 0.717) is 12.2 Å². The van der Waals surface area contributed by atoms with E-state index in [2.05, 4.69) is 20.3 Å². The number of hydrogen-bond donors (Lipinski definition) is 1. The summed E-state index contributed by atoms with van der Waals surface area (Å²) in [5.41, 5.74) is 1.39. The quantitative estimate of drug-likeness (QED) is 0.885. The minimum absolute atomic E-state index is 0.268. The van der Waals surface area contributed by atoms with Crippen molar-refractivity contribution in [3.8, 4) is 5.69 Å². The highest BCUT2D eigenvalue weighted by molar-refractivity contribution is 5.35. The van der Waals surface area contributed by atoms with Gasteiger partial charge in [0.05, 0.1) is 0 Å². The number of benzene rings is 1. The van der Waals surface area contributed by atoms with Gasteiger partial charge in [-0.15, -0.1) is 0 Å². The number of likely N-dealkylation sites (tertiary alicyclic amines) is 1. The van der Waals surface area contributed by atoms with Gasteiger partial charge in [-0.3, -0.25) is 0 Å². The van der Waals surface area contributed by atoms with E-state index >= 15 is 0 Å². The summed E-state index contributed by atoms with van der Waals surface area (Å²) in [6.07, 6.45) is 6.96. The lowest BCUT2D eigenvalue weighted by molar-refractivity contribution is 0.312. The molecule has 0 spiro atoms. The molecule has 2 aromatic rings. The molecule has 1 saturated heterocycles. The van der Waals surface area contributed by atoms with Crippen LogP contribution in [0.15, 0.2) is 30.9 Å². The molecule has 0 radical (unpaired) electrons. The zero-order valence-corrected chi connectivity index (χ0v) is 13.2. The predicted octanol–water partition coefficient (Wildman–Crippen LogP) is 1.98. The molecule has 1 saturated carbocycles. The van der Waals surface area contributed by atoms with Gasteiger partial charge in [0.1, 0.15) is 24.2 Å². The maximum Gasteiger partial charge on any atom is 0.149 e. The van der Waals surface area contributed by atoms with Crippen molar-refractivity contribution in [3.63, 3.8) is 0 Å². The average Bonchev–Trinajstić information content (AvgIpc) is 3.07. The van der Waals surface area contributed by atoms with Crippen LogP contribution in [0.25, 0.3) is 5.69 Å². The van der Waals surface area contributed by atoms with Gasteiger partial charge in [0.25, 0.3) is 0 Å². The van der Waals surface area contributed by atoms with E-state index in [9.17, 15) is 4.39 Å². The Morgan fingerprint density at radius 2 is 2.17 bits per heavy atom. The summed E-state index contributed by atoms with van der Waals surface area (Å²) in [7, 11) is 0. The minimum Gasteiger partial charge on any atom is -0.312 e. The summed E-state index contributed by atoms with van der Waals surface area (Å²) in [5, 5.41) is 7.44. The molecule has 0 bridgehead atoms. The Morgan fingerprint density at radius 3 is 2.91 bits per heavy atom. The van der Waals surface area contributed by atoms with Crippen molar-refractivity contribution < 1.29 is 4.39 Å². The first-order chi connectivity index (χ1) is 11.3. The van der Waals surface area contributed by atoms with Gasteiger partial charge in [-0.25, -0.2) is 14.1 Å². The van der Waals surface area contributed by atoms with Gasteiger partial charge in [-0.1, -0.05) is 6.07 Å². The maximum absolute atomic E-state index is 14.2. The fraction of sp³-hybridized carbons (Fsp3) is 0.529. The molecule has 1 unspecified atom stereocenters. The van der Waals surface area contributed by atoms with Crippen LogP contribution in [-0.2, 0) is 6.54 Å². The van der Waals surface area contributed by atoms with Crippen LogP contribution in [0.2, 0.25) is 0 Å².